The number of hydrogen-bond donors (Lipinski definition) is 0. The van der Waals surface area contributed by atoms with Gasteiger partial charge in [0.1, 0.15) is 11.5 Å². The van der Waals surface area contributed by atoms with Gasteiger partial charge < -0.3 is 4.40 Å². The maximum absolute atomic E-state index is 13.1. The molecule has 1 fully saturated rings. The number of halogens is 2. The fourth-order valence-electron chi connectivity index (χ4n) is 3.30. The van der Waals surface area contributed by atoms with Crippen molar-refractivity contribution in [1.82, 2.24) is 14.3 Å². The van der Waals surface area contributed by atoms with Crippen LogP contribution in [0.1, 0.15) is 21.9 Å². The molecule has 0 aliphatic carbocycles. The zero-order chi connectivity index (χ0) is 19.9. The highest BCUT2D eigenvalue weighted by atomic mass is 35.5. The summed E-state index contributed by atoms with van der Waals surface area (Å²) in [6, 6.07) is 10.4. The number of sulfone groups is 1. The molecule has 1 saturated heterocycles. The summed E-state index contributed by atoms with van der Waals surface area (Å²) in [5, 5.41) is 0.514. The first-order chi connectivity index (χ1) is 13.4. The van der Waals surface area contributed by atoms with Crippen LogP contribution in [0.4, 0.5) is 0 Å². The van der Waals surface area contributed by atoms with Crippen molar-refractivity contribution in [2.75, 3.05) is 24.6 Å². The zero-order valence-electron chi connectivity index (χ0n) is 14.8. The fraction of sp³-hybridized carbons (Fsp3) is 0.263. The first kappa shape index (κ1) is 19.4. The van der Waals surface area contributed by atoms with Crippen LogP contribution in [-0.4, -0.2) is 53.1 Å². The predicted molar refractivity (Wildman–Crippen MR) is 109 cm³/mol. The minimum absolute atomic E-state index is 0.139. The Balaban J connectivity index is 1.71. The average Bonchev–Trinajstić information content (AvgIpc) is 3.04. The summed E-state index contributed by atoms with van der Waals surface area (Å²) in [7, 11) is -2.95. The normalized spacial score (nSPS) is 17.1. The Morgan fingerprint density at radius 2 is 1.82 bits per heavy atom. The number of carbonyl (C=O) groups is 1. The van der Waals surface area contributed by atoms with Crippen LogP contribution in [0.15, 0.2) is 42.6 Å². The van der Waals surface area contributed by atoms with Crippen molar-refractivity contribution in [3.05, 3.63) is 69.7 Å². The van der Waals surface area contributed by atoms with E-state index in [9.17, 15) is 13.2 Å². The number of pyridine rings is 1. The maximum atomic E-state index is 13.1. The summed E-state index contributed by atoms with van der Waals surface area (Å²) in [6.45, 7) is 1.36. The van der Waals surface area contributed by atoms with Crippen LogP contribution >= 0.6 is 23.2 Å². The van der Waals surface area contributed by atoms with E-state index in [2.05, 4.69) is 4.98 Å². The van der Waals surface area contributed by atoms with E-state index in [1.165, 1.54) is 0 Å². The molecule has 28 heavy (non-hydrogen) atoms. The Labute approximate surface area is 172 Å². The van der Waals surface area contributed by atoms with Gasteiger partial charge >= 0.3 is 0 Å². The molecule has 1 aromatic carbocycles. The fourth-order valence-corrected chi connectivity index (χ4v) is 4.96. The molecule has 0 N–H and O–H groups in total. The SMILES string of the molecule is O=C(c1cccc(Cl)c1Cl)c1nc(CN2CCS(=O)(=O)CC2)n2ccccc12. The molecular formula is C19H17Cl2N3O3S. The van der Waals surface area contributed by atoms with Crippen LogP contribution in [0.3, 0.4) is 0 Å². The number of rotatable bonds is 4. The van der Waals surface area contributed by atoms with Crippen molar-refractivity contribution < 1.29 is 13.2 Å². The quantitative estimate of drug-likeness (QED) is 0.586. The van der Waals surface area contributed by atoms with Crippen molar-refractivity contribution in [3.63, 3.8) is 0 Å². The van der Waals surface area contributed by atoms with Crippen molar-refractivity contribution in [1.29, 1.82) is 0 Å². The van der Waals surface area contributed by atoms with Gasteiger partial charge in [0.25, 0.3) is 0 Å². The van der Waals surface area contributed by atoms with Gasteiger partial charge in [0, 0.05) is 24.8 Å². The van der Waals surface area contributed by atoms with Crippen molar-refractivity contribution in [2.45, 2.75) is 6.54 Å². The van der Waals surface area contributed by atoms with Crippen molar-refractivity contribution >= 4 is 44.3 Å². The smallest absolute Gasteiger partial charge is 0.215 e. The molecule has 1 aliphatic heterocycles. The number of aromatic nitrogens is 2. The van der Waals surface area contributed by atoms with Crippen LogP contribution in [0.5, 0.6) is 0 Å². The van der Waals surface area contributed by atoms with Crippen LogP contribution in [0.25, 0.3) is 5.52 Å². The molecule has 9 heteroatoms. The molecule has 1 aliphatic rings. The average molecular weight is 438 g/mol. The third-order valence-electron chi connectivity index (χ3n) is 4.83. The lowest BCUT2D eigenvalue weighted by atomic mass is 10.1. The Morgan fingerprint density at radius 3 is 2.57 bits per heavy atom. The van der Waals surface area contributed by atoms with Gasteiger partial charge in [-0.2, -0.15) is 0 Å². The highest BCUT2D eigenvalue weighted by Gasteiger charge is 2.25. The molecule has 6 nitrogen and oxygen atoms in total. The standard InChI is InChI=1S/C19H17Cl2N3O3S/c20-14-5-3-4-13(17(14)21)19(25)18-15-6-1-2-7-24(15)16(22-18)12-23-8-10-28(26,27)11-9-23/h1-7H,8-12H2. The molecule has 146 valence electrons. The third-order valence-corrected chi connectivity index (χ3v) is 7.26. The van der Waals surface area contributed by atoms with E-state index in [1.54, 1.807) is 18.2 Å². The van der Waals surface area contributed by atoms with Gasteiger partial charge in [-0.3, -0.25) is 9.69 Å². The number of hydrogen-bond acceptors (Lipinski definition) is 5. The highest BCUT2D eigenvalue weighted by molar-refractivity contribution is 7.91. The van der Waals surface area contributed by atoms with Crippen LogP contribution in [0.2, 0.25) is 10.0 Å². The summed E-state index contributed by atoms with van der Waals surface area (Å²) < 4.78 is 25.2. The summed E-state index contributed by atoms with van der Waals surface area (Å²) in [5.41, 5.74) is 1.27. The van der Waals surface area contributed by atoms with Crippen LogP contribution in [-0.2, 0) is 16.4 Å². The molecule has 0 spiro atoms. The maximum Gasteiger partial charge on any atom is 0.215 e. The highest BCUT2D eigenvalue weighted by Crippen LogP contribution is 2.28. The predicted octanol–water partition coefficient (Wildman–Crippen LogP) is 3.10. The molecule has 0 bridgehead atoms. The van der Waals surface area contributed by atoms with Gasteiger partial charge in [0.05, 0.1) is 33.6 Å². The van der Waals surface area contributed by atoms with E-state index in [-0.39, 0.29) is 22.3 Å². The van der Waals surface area contributed by atoms with E-state index >= 15 is 0 Å². The largest absolute Gasteiger partial charge is 0.302 e. The first-order valence-corrected chi connectivity index (χ1v) is 11.3. The molecule has 3 aromatic rings. The zero-order valence-corrected chi connectivity index (χ0v) is 17.1. The van der Waals surface area contributed by atoms with Gasteiger partial charge in [-0.05, 0) is 24.3 Å². The molecule has 0 unspecified atom stereocenters. The Bertz CT molecular complexity index is 1160. The lowest BCUT2D eigenvalue weighted by molar-refractivity contribution is 0.103. The summed E-state index contributed by atoms with van der Waals surface area (Å²) in [6.07, 6.45) is 1.84. The van der Waals surface area contributed by atoms with Crippen LogP contribution in [0, 0.1) is 0 Å². The molecular weight excluding hydrogens is 421 g/mol. The van der Waals surface area contributed by atoms with Gasteiger partial charge in [-0.25, -0.2) is 13.4 Å². The number of benzene rings is 1. The van der Waals surface area contributed by atoms with E-state index in [4.69, 9.17) is 23.2 Å². The number of nitrogens with zero attached hydrogens (tertiary/aromatic N) is 3. The van der Waals surface area contributed by atoms with Gasteiger partial charge in [0.2, 0.25) is 5.78 Å². The Morgan fingerprint density at radius 1 is 1.07 bits per heavy atom. The molecule has 0 atom stereocenters. The molecule has 0 amide bonds. The number of fused-ring (bicyclic) bond motifs is 1. The molecule has 3 heterocycles. The first-order valence-electron chi connectivity index (χ1n) is 8.73. The minimum Gasteiger partial charge on any atom is -0.302 e. The van der Waals surface area contributed by atoms with Crippen molar-refractivity contribution in [3.8, 4) is 0 Å². The van der Waals surface area contributed by atoms with E-state index in [1.807, 2.05) is 33.7 Å². The molecule has 4 rings (SSSR count). The van der Waals surface area contributed by atoms with Gasteiger partial charge in [0.15, 0.2) is 9.84 Å². The number of carbonyl (C=O) groups excluding carboxylic acids is 1. The topological polar surface area (TPSA) is 71.8 Å². The summed E-state index contributed by atoms with van der Waals surface area (Å²) in [5.74, 6) is 0.653. The molecule has 0 radical (unpaired) electrons. The monoisotopic (exact) mass is 437 g/mol. The molecule has 2 aromatic heterocycles. The summed E-state index contributed by atoms with van der Waals surface area (Å²) >= 11 is 12.3. The lowest BCUT2D eigenvalue weighted by Gasteiger charge is -2.25. The van der Waals surface area contributed by atoms with Gasteiger partial charge in [-0.15, -0.1) is 0 Å². The third kappa shape index (κ3) is 3.67. The number of ketones is 1. The Hall–Kier alpha value is -1.93. The number of imidazole rings is 1. The van der Waals surface area contributed by atoms with Crippen molar-refractivity contribution in [2.24, 2.45) is 0 Å². The summed E-state index contributed by atoms with van der Waals surface area (Å²) in [4.78, 5) is 19.7. The van der Waals surface area contributed by atoms with Gasteiger partial charge in [-0.1, -0.05) is 35.3 Å². The molecule has 0 saturated carbocycles. The Kier molecular flexibility index (Phi) is 5.18. The second-order valence-electron chi connectivity index (χ2n) is 6.69. The second kappa shape index (κ2) is 7.48. The van der Waals surface area contributed by atoms with E-state index in [0.717, 1.165) is 0 Å². The van der Waals surface area contributed by atoms with E-state index < -0.39 is 9.84 Å². The van der Waals surface area contributed by atoms with Crippen LogP contribution < -0.4 is 0 Å². The second-order valence-corrected chi connectivity index (χ2v) is 9.78. The van der Waals surface area contributed by atoms with E-state index in [0.29, 0.717) is 47.3 Å². The lowest BCUT2D eigenvalue weighted by Crippen LogP contribution is -2.40. The minimum atomic E-state index is -2.95.